The number of alkyl halides is 3. The highest BCUT2D eigenvalue weighted by Crippen LogP contribution is 2.58. The van der Waals surface area contributed by atoms with Crippen LogP contribution in [0.5, 0.6) is 0 Å². The Hall–Kier alpha value is -2.75. The molecule has 5 nitrogen and oxygen atoms in total. The quantitative estimate of drug-likeness (QED) is 0.585. The largest absolute Gasteiger partial charge is 0.425 e. The Balaban J connectivity index is 1.25. The molecule has 0 N–H and O–H groups in total. The maximum atomic E-state index is 13.1. The van der Waals surface area contributed by atoms with Crippen LogP contribution in [0.3, 0.4) is 0 Å². The molecule has 1 aliphatic heterocycles. The van der Waals surface area contributed by atoms with E-state index in [9.17, 15) is 22.4 Å². The van der Waals surface area contributed by atoms with Gasteiger partial charge in [-0.05, 0) is 47.6 Å². The number of rotatable bonds is 4. The van der Waals surface area contributed by atoms with Crippen molar-refractivity contribution in [2.75, 3.05) is 18.0 Å². The topological polar surface area (TPSA) is 51.0 Å². The van der Waals surface area contributed by atoms with Gasteiger partial charge >= 0.3 is 11.9 Å². The summed E-state index contributed by atoms with van der Waals surface area (Å²) in [5, 5.41) is 0. The number of aromatic nitrogens is 3. The van der Waals surface area contributed by atoms with E-state index < -0.39 is 16.7 Å². The lowest BCUT2D eigenvalue weighted by molar-refractivity contribution is -0.134. The second kappa shape index (κ2) is 6.90. The summed E-state index contributed by atoms with van der Waals surface area (Å²) in [6.45, 7) is 1.43. The lowest BCUT2D eigenvalue weighted by atomic mass is 10.1. The standard InChI is InChI=1S/C20H16F4N4OS/c21-12-3-1-11(2-4-12)17-14-8-27(9-15(14)17)18-25-10-28(19(29)26-18)7-13-5-6-16(30-13)20(22,23)24/h1-6,10,14-15,17H,7-9H2. The number of piperidine rings is 1. The van der Waals surface area contributed by atoms with Crippen molar-refractivity contribution in [3.63, 3.8) is 0 Å². The normalized spacial score (nSPS) is 22.9. The summed E-state index contributed by atoms with van der Waals surface area (Å²) in [4.78, 5) is 22.3. The number of hydrogen-bond acceptors (Lipinski definition) is 5. The molecule has 3 heterocycles. The van der Waals surface area contributed by atoms with Crippen LogP contribution in [0.1, 0.15) is 21.2 Å². The summed E-state index contributed by atoms with van der Waals surface area (Å²) in [5.74, 6) is 1.33. The third-order valence-corrected chi connectivity index (χ3v) is 6.87. The minimum atomic E-state index is -4.39. The zero-order chi connectivity index (χ0) is 21.0. The summed E-state index contributed by atoms with van der Waals surface area (Å²) in [6.07, 6.45) is -3.06. The highest BCUT2D eigenvalue weighted by atomic mass is 32.1. The van der Waals surface area contributed by atoms with Crippen molar-refractivity contribution >= 4 is 17.3 Å². The Morgan fingerprint density at radius 3 is 2.37 bits per heavy atom. The van der Waals surface area contributed by atoms with E-state index in [0.717, 1.165) is 24.7 Å². The molecule has 10 heteroatoms. The number of benzene rings is 1. The molecule has 2 aromatic heterocycles. The van der Waals surface area contributed by atoms with E-state index in [2.05, 4.69) is 9.97 Å². The SMILES string of the molecule is O=c1nc(N2CC3C(C2)C3c2ccc(F)cc2)ncn1Cc1ccc(C(F)(F)F)s1. The van der Waals surface area contributed by atoms with Gasteiger partial charge in [0.2, 0.25) is 5.95 Å². The fourth-order valence-corrected chi connectivity index (χ4v) is 5.14. The molecule has 30 heavy (non-hydrogen) atoms. The molecule has 2 aliphatic rings. The maximum Gasteiger partial charge on any atom is 0.425 e. The Morgan fingerprint density at radius 1 is 1.07 bits per heavy atom. The molecule has 1 saturated carbocycles. The van der Waals surface area contributed by atoms with Crippen LogP contribution in [0.25, 0.3) is 0 Å². The Morgan fingerprint density at radius 2 is 1.77 bits per heavy atom. The summed E-state index contributed by atoms with van der Waals surface area (Å²) in [7, 11) is 0. The number of anilines is 1. The number of hydrogen-bond donors (Lipinski definition) is 0. The van der Waals surface area contributed by atoms with Crippen molar-refractivity contribution in [2.45, 2.75) is 18.6 Å². The first kappa shape index (κ1) is 19.2. The van der Waals surface area contributed by atoms with Gasteiger partial charge in [-0.15, -0.1) is 11.3 Å². The Kier molecular flexibility index (Phi) is 4.42. The zero-order valence-electron chi connectivity index (χ0n) is 15.5. The van der Waals surface area contributed by atoms with Crippen molar-refractivity contribution in [3.8, 4) is 0 Å². The van der Waals surface area contributed by atoms with E-state index in [1.165, 1.54) is 29.1 Å². The highest BCUT2D eigenvalue weighted by Gasteiger charge is 2.56. The van der Waals surface area contributed by atoms with Gasteiger partial charge in [0.05, 0.1) is 6.54 Å². The van der Waals surface area contributed by atoms with Crippen LogP contribution in [-0.4, -0.2) is 27.6 Å². The van der Waals surface area contributed by atoms with E-state index in [1.807, 2.05) is 17.0 Å². The Labute approximate surface area is 172 Å². The van der Waals surface area contributed by atoms with Gasteiger partial charge in [-0.2, -0.15) is 18.2 Å². The fourth-order valence-electron chi connectivity index (χ4n) is 4.26. The number of fused-ring (bicyclic) bond motifs is 1. The van der Waals surface area contributed by atoms with Crippen molar-refractivity contribution < 1.29 is 17.6 Å². The van der Waals surface area contributed by atoms with E-state index in [1.54, 1.807) is 0 Å². The molecule has 1 aromatic carbocycles. The Bertz CT molecular complexity index is 1130. The van der Waals surface area contributed by atoms with Gasteiger partial charge in [-0.25, -0.2) is 14.2 Å². The lowest BCUT2D eigenvalue weighted by Gasteiger charge is -2.19. The third kappa shape index (κ3) is 3.49. The van der Waals surface area contributed by atoms with Gasteiger partial charge in [0.15, 0.2) is 0 Å². The minimum absolute atomic E-state index is 0.00223. The third-order valence-electron chi connectivity index (χ3n) is 5.75. The van der Waals surface area contributed by atoms with E-state index in [4.69, 9.17) is 0 Å². The second-order valence-corrected chi connectivity index (χ2v) is 8.81. The van der Waals surface area contributed by atoms with Crippen molar-refractivity contribution in [1.82, 2.24) is 14.5 Å². The molecule has 156 valence electrons. The average molecular weight is 436 g/mol. The number of nitrogens with zero attached hydrogens (tertiary/aromatic N) is 4. The van der Waals surface area contributed by atoms with Crippen molar-refractivity contribution in [2.24, 2.45) is 11.8 Å². The van der Waals surface area contributed by atoms with Crippen LogP contribution >= 0.6 is 11.3 Å². The van der Waals surface area contributed by atoms with Gasteiger partial charge in [0.1, 0.15) is 17.0 Å². The van der Waals surface area contributed by atoms with Crippen LogP contribution < -0.4 is 10.6 Å². The molecule has 1 saturated heterocycles. The van der Waals surface area contributed by atoms with Crippen LogP contribution in [0.4, 0.5) is 23.5 Å². The van der Waals surface area contributed by atoms with Crippen LogP contribution in [0, 0.1) is 17.7 Å². The first-order valence-electron chi connectivity index (χ1n) is 9.39. The summed E-state index contributed by atoms with van der Waals surface area (Å²) in [5.41, 5.74) is 0.578. The predicted octanol–water partition coefficient (Wildman–Crippen LogP) is 3.76. The van der Waals surface area contributed by atoms with Crippen LogP contribution in [0.15, 0.2) is 47.5 Å². The van der Waals surface area contributed by atoms with E-state index in [-0.39, 0.29) is 12.4 Å². The van der Waals surface area contributed by atoms with Gasteiger partial charge in [0, 0.05) is 18.0 Å². The molecule has 3 aromatic rings. The van der Waals surface area contributed by atoms with Gasteiger partial charge in [0.25, 0.3) is 0 Å². The minimum Gasteiger partial charge on any atom is -0.340 e. The van der Waals surface area contributed by atoms with Gasteiger partial charge in [-0.3, -0.25) is 4.57 Å². The predicted molar refractivity (Wildman–Crippen MR) is 103 cm³/mol. The first-order chi connectivity index (χ1) is 14.3. The average Bonchev–Trinajstić information content (AvgIpc) is 3.06. The number of halogens is 4. The van der Waals surface area contributed by atoms with E-state index >= 15 is 0 Å². The van der Waals surface area contributed by atoms with Gasteiger partial charge in [-0.1, -0.05) is 12.1 Å². The molecular formula is C20H16F4N4OS. The van der Waals surface area contributed by atoms with Gasteiger partial charge < -0.3 is 4.90 Å². The molecule has 0 radical (unpaired) electrons. The van der Waals surface area contributed by atoms with Crippen molar-refractivity contribution in [1.29, 1.82) is 0 Å². The second-order valence-electron chi connectivity index (χ2n) is 7.64. The molecule has 2 atom stereocenters. The molecule has 5 rings (SSSR count). The molecular weight excluding hydrogens is 420 g/mol. The fraction of sp³-hybridized carbons (Fsp3) is 0.350. The first-order valence-corrected chi connectivity index (χ1v) is 10.2. The monoisotopic (exact) mass is 436 g/mol. The number of thiophene rings is 1. The molecule has 0 bridgehead atoms. The maximum absolute atomic E-state index is 13.1. The summed E-state index contributed by atoms with van der Waals surface area (Å²) in [6, 6.07) is 8.93. The van der Waals surface area contributed by atoms with Crippen molar-refractivity contribution in [3.05, 3.63) is 74.3 Å². The lowest BCUT2D eigenvalue weighted by Crippen LogP contribution is -2.31. The highest BCUT2D eigenvalue weighted by molar-refractivity contribution is 7.12. The summed E-state index contributed by atoms with van der Waals surface area (Å²) >= 11 is 0.604. The molecule has 0 spiro atoms. The van der Waals surface area contributed by atoms with Crippen LogP contribution in [-0.2, 0) is 12.7 Å². The summed E-state index contributed by atoms with van der Waals surface area (Å²) < 4.78 is 52.5. The molecule has 0 amide bonds. The van der Waals surface area contributed by atoms with Crippen LogP contribution in [0.2, 0.25) is 0 Å². The molecule has 2 fully saturated rings. The molecule has 1 aliphatic carbocycles. The van der Waals surface area contributed by atoms with E-state index in [0.29, 0.717) is 39.9 Å². The molecule has 2 unspecified atom stereocenters. The zero-order valence-corrected chi connectivity index (χ0v) is 16.3. The smallest absolute Gasteiger partial charge is 0.340 e.